The molecule has 0 atom stereocenters. The zero-order chi connectivity index (χ0) is 15.1. The van der Waals surface area contributed by atoms with E-state index in [4.69, 9.17) is 4.74 Å². The number of carbonyl (C=O) groups is 1. The topological polar surface area (TPSA) is 41.6 Å². The number of hydrogen-bond acceptors (Lipinski definition) is 3. The van der Waals surface area contributed by atoms with Crippen molar-refractivity contribution in [1.29, 1.82) is 0 Å². The number of halogens is 1. The summed E-state index contributed by atoms with van der Waals surface area (Å²) in [6.45, 7) is 5.92. The largest absolute Gasteiger partial charge is 0.496 e. The molecule has 5 heteroatoms. The molecule has 0 heterocycles. The minimum Gasteiger partial charge on any atom is -0.496 e. The molecule has 1 rings (SSSR count). The molecule has 4 nitrogen and oxygen atoms in total. The Kier molecular flexibility index (Phi) is 7.02. The summed E-state index contributed by atoms with van der Waals surface area (Å²) in [4.78, 5) is 13.7. The molecule has 112 valence electrons. The van der Waals surface area contributed by atoms with E-state index in [2.05, 4.69) is 35.1 Å². The monoisotopic (exact) mass is 342 g/mol. The van der Waals surface area contributed by atoms with Gasteiger partial charge in [-0.1, -0.05) is 29.8 Å². The third-order valence-electron chi connectivity index (χ3n) is 2.80. The van der Waals surface area contributed by atoms with Crippen LogP contribution in [0.1, 0.15) is 19.4 Å². The maximum atomic E-state index is 11.8. The number of nitrogens with zero attached hydrogens (tertiary/aromatic N) is 1. The first-order chi connectivity index (χ1) is 9.42. The molecule has 0 aliphatic heterocycles. The van der Waals surface area contributed by atoms with Crippen molar-refractivity contribution in [3.05, 3.63) is 28.2 Å². The van der Waals surface area contributed by atoms with E-state index in [1.165, 1.54) is 0 Å². The zero-order valence-electron chi connectivity index (χ0n) is 12.6. The lowest BCUT2D eigenvalue weighted by Gasteiger charge is -2.18. The van der Waals surface area contributed by atoms with Crippen LogP contribution < -0.4 is 10.1 Å². The molecule has 0 fully saturated rings. The third kappa shape index (κ3) is 5.92. The predicted molar refractivity (Wildman–Crippen MR) is 84.9 cm³/mol. The fourth-order valence-electron chi connectivity index (χ4n) is 1.84. The van der Waals surface area contributed by atoms with Gasteiger partial charge in [-0.15, -0.1) is 0 Å². The molecule has 0 saturated heterocycles. The molecule has 0 aliphatic rings. The van der Waals surface area contributed by atoms with Gasteiger partial charge in [0.1, 0.15) is 5.75 Å². The molecule has 0 aliphatic carbocycles. The Morgan fingerprint density at radius 2 is 2.15 bits per heavy atom. The van der Waals surface area contributed by atoms with E-state index >= 15 is 0 Å². The smallest absolute Gasteiger partial charge is 0.234 e. The maximum Gasteiger partial charge on any atom is 0.234 e. The van der Waals surface area contributed by atoms with E-state index in [9.17, 15) is 4.79 Å². The van der Waals surface area contributed by atoms with E-state index in [1.807, 2.05) is 30.1 Å². The van der Waals surface area contributed by atoms with E-state index in [0.29, 0.717) is 25.6 Å². The van der Waals surface area contributed by atoms with Gasteiger partial charge < -0.3 is 10.1 Å². The minimum absolute atomic E-state index is 0.0511. The van der Waals surface area contributed by atoms with Gasteiger partial charge in [0.15, 0.2) is 0 Å². The van der Waals surface area contributed by atoms with Gasteiger partial charge in [0.25, 0.3) is 0 Å². The number of benzene rings is 1. The molecule has 0 radical (unpaired) electrons. The Bertz CT molecular complexity index is 449. The summed E-state index contributed by atoms with van der Waals surface area (Å²) < 4.78 is 6.34. The Labute approximate surface area is 129 Å². The summed E-state index contributed by atoms with van der Waals surface area (Å²) in [6, 6.07) is 5.88. The van der Waals surface area contributed by atoms with Crippen molar-refractivity contribution in [2.24, 2.45) is 5.92 Å². The van der Waals surface area contributed by atoms with Crippen LogP contribution in [-0.4, -0.2) is 38.1 Å². The van der Waals surface area contributed by atoms with Gasteiger partial charge >= 0.3 is 0 Å². The van der Waals surface area contributed by atoms with Crippen LogP contribution in [0.2, 0.25) is 0 Å². The fourth-order valence-corrected chi connectivity index (χ4v) is 2.24. The van der Waals surface area contributed by atoms with Crippen LogP contribution in [-0.2, 0) is 11.3 Å². The highest BCUT2D eigenvalue weighted by Crippen LogP contribution is 2.23. The molecular weight excluding hydrogens is 320 g/mol. The number of hydrogen-bond donors (Lipinski definition) is 1. The molecule has 20 heavy (non-hydrogen) atoms. The third-order valence-corrected chi connectivity index (χ3v) is 3.30. The summed E-state index contributed by atoms with van der Waals surface area (Å²) in [5, 5.41) is 2.92. The second kappa shape index (κ2) is 8.27. The number of rotatable bonds is 7. The van der Waals surface area contributed by atoms with Gasteiger partial charge in [-0.25, -0.2) is 0 Å². The van der Waals surface area contributed by atoms with Crippen molar-refractivity contribution in [3.8, 4) is 5.75 Å². The number of methoxy groups -OCH3 is 1. The van der Waals surface area contributed by atoms with E-state index in [-0.39, 0.29) is 5.91 Å². The molecule has 0 spiro atoms. The normalized spacial score (nSPS) is 10.9. The first kappa shape index (κ1) is 17.0. The average Bonchev–Trinajstić information content (AvgIpc) is 2.36. The lowest BCUT2D eigenvalue weighted by Crippen LogP contribution is -2.36. The van der Waals surface area contributed by atoms with Gasteiger partial charge in [0.2, 0.25) is 5.91 Å². The summed E-state index contributed by atoms with van der Waals surface area (Å²) in [7, 11) is 3.58. The molecule has 1 aromatic carbocycles. The number of nitrogens with one attached hydrogen (secondary N) is 1. The van der Waals surface area contributed by atoms with Gasteiger partial charge in [-0.2, -0.15) is 0 Å². The van der Waals surface area contributed by atoms with Crippen molar-refractivity contribution < 1.29 is 9.53 Å². The van der Waals surface area contributed by atoms with Crippen LogP contribution in [0.5, 0.6) is 5.75 Å². The lowest BCUT2D eigenvalue weighted by atomic mass is 10.2. The van der Waals surface area contributed by atoms with E-state index in [0.717, 1.165) is 15.8 Å². The molecule has 0 unspecified atom stereocenters. The van der Waals surface area contributed by atoms with Crippen molar-refractivity contribution in [2.75, 3.05) is 27.2 Å². The van der Waals surface area contributed by atoms with Gasteiger partial charge in [-0.05, 0) is 31.2 Å². The van der Waals surface area contributed by atoms with Crippen molar-refractivity contribution >= 4 is 21.8 Å². The summed E-state index contributed by atoms with van der Waals surface area (Å²) in [6.07, 6.45) is 0. The fraction of sp³-hybridized carbons (Fsp3) is 0.533. The Balaban J connectivity index is 2.55. The van der Waals surface area contributed by atoms with E-state index in [1.54, 1.807) is 7.11 Å². The van der Waals surface area contributed by atoms with Crippen molar-refractivity contribution in [3.63, 3.8) is 0 Å². The van der Waals surface area contributed by atoms with Crippen LogP contribution in [0.25, 0.3) is 0 Å². The second-order valence-electron chi connectivity index (χ2n) is 5.33. The van der Waals surface area contributed by atoms with Crippen LogP contribution in [0.15, 0.2) is 22.7 Å². The summed E-state index contributed by atoms with van der Waals surface area (Å²) in [5.41, 5.74) is 1.06. The first-order valence-corrected chi connectivity index (χ1v) is 7.49. The lowest BCUT2D eigenvalue weighted by molar-refractivity contribution is -0.122. The van der Waals surface area contributed by atoms with Crippen LogP contribution in [0.4, 0.5) is 0 Å². The SMILES string of the molecule is COc1ccc(Br)cc1CN(C)CC(=O)NCC(C)C. The Morgan fingerprint density at radius 3 is 2.75 bits per heavy atom. The molecule has 0 aromatic heterocycles. The van der Waals surface area contributed by atoms with Gasteiger partial charge in [0.05, 0.1) is 13.7 Å². The van der Waals surface area contributed by atoms with Gasteiger partial charge in [-0.3, -0.25) is 9.69 Å². The molecule has 0 bridgehead atoms. The molecule has 1 amide bonds. The number of ether oxygens (including phenoxy) is 1. The van der Waals surface area contributed by atoms with E-state index < -0.39 is 0 Å². The first-order valence-electron chi connectivity index (χ1n) is 6.70. The van der Waals surface area contributed by atoms with Gasteiger partial charge in [0, 0.05) is 23.1 Å². The highest BCUT2D eigenvalue weighted by molar-refractivity contribution is 9.10. The maximum absolute atomic E-state index is 11.8. The molecule has 1 N–H and O–H groups in total. The number of carbonyl (C=O) groups excluding carboxylic acids is 1. The highest BCUT2D eigenvalue weighted by atomic mass is 79.9. The minimum atomic E-state index is 0.0511. The standard InChI is InChI=1S/C15H23BrN2O2/c1-11(2)8-17-15(19)10-18(3)9-12-7-13(16)5-6-14(12)20-4/h5-7,11H,8-10H2,1-4H3,(H,17,19). The van der Waals surface area contributed by atoms with Crippen LogP contribution >= 0.6 is 15.9 Å². The van der Waals surface area contributed by atoms with Crippen molar-refractivity contribution in [1.82, 2.24) is 10.2 Å². The second-order valence-corrected chi connectivity index (χ2v) is 6.24. The zero-order valence-corrected chi connectivity index (χ0v) is 14.2. The Hall–Kier alpha value is -1.07. The molecule has 1 aromatic rings. The number of likely N-dealkylation sites (N-methyl/N-ethyl adjacent to an activating group) is 1. The summed E-state index contributed by atoms with van der Waals surface area (Å²) >= 11 is 3.45. The molecular formula is C15H23BrN2O2. The van der Waals surface area contributed by atoms with Crippen LogP contribution in [0.3, 0.4) is 0 Å². The van der Waals surface area contributed by atoms with Crippen LogP contribution in [0, 0.1) is 5.92 Å². The quantitative estimate of drug-likeness (QED) is 0.828. The number of amides is 1. The van der Waals surface area contributed by atoms with Crippen molar-refractivity contribution in [2.45, 2.75) is 20.4 Å². The molecule has 0 saturated carbocycles. The summed E-state index contributed by atoms with van der Waals surface area (Å²) in [5.74, 6) is 1.35. The highest BCUT2D eigenvalue weighted by Gasteiger charge is 2.10. The Morgan fingerprint density at radius 1 is 1.45 bits per heavy atom. The predicted octanol–water partition coefficient (Wildman–Crippen LogP) is 2.66. The average molecular weight is 343 g/mol.